The number of nitrogens with one attached hydrogen (secondary N) is 1. The first kappa shape index (κ1) is 13.6. The highest BCUT2D eigenvalue weighted by Crippen LogP contribution is 2.44. The molecule has 2 N–H and O–H groups in total. The summed E-state index contributed by atoms with van der Waals surface area (Å²) in [6, 6.07) is 1.94. The maximum absolute atomic E-state index is 11.3. The number of hydrogen-bond donors (Lipinski definition) is 2. The average molecular weight is 312 g/mol. The molecule has 0 radical (unpaired) electrons. The lowest BCUT2D eigenvalue weighted by molar-refractivity contribution is 0.0862. The highest BCUT2D eigenvalue weighted by Gasteiger charge is 2.40. The Hall–Kier alpha value is -0.870. The molecule has 0 saturated carbocycles. The van der Waals surface area contributed by atoms with Crippen molar-refractivity contribution in [3.8, 4) is 0 Å². The van der Waals surface area contributed by atoms with Crippen LogP contribution in [0.3, 0.4) is 0 Å². The summed E-state index contributed by atoms with van der Waals surface area (Å²) in [6.07, 6.45) is 0.323. The number of fused-ring (bicyclic) bond motifs is 1. The number of carbonyl (C=O) groups is 1. The third-order valence-electron chi connectivity index (χ3n) is 3.79. The van der Waals surface area contributed by atoms with Gasteiger partial charge in [0.05, 0.1) is 11.6 Å². The molecule has 0 bridgehead atoms. The van der Waals surface area contributed by atoms with Crippen molar-refractivity contribution in [2.24, 2.45) is 0 Å². The fourth-order valence-electron chi connectivity index (χ4n) is 2.75. The van der Waals surface area contributed by atoms with E-state index in [1.807, 2.05) is 33.8 Å². The molecular weight excluding hydrogens is 294 g/mol. The van der Waals surface area contributed by atoms with Crippen LogP contribution in [0, 0.1) is 6.92 Å². The molecule has 1 aromatic carbocycles. The molecule has 1 aromatic rings. The second-order valence-electron chi connectivity index (χ2n) is 5.58. The van der Waals surface area contributed by atoms with E-state index in [2.05, 4.69) is 21.2 Å². The number of aryl methyl sites for hydroxylation is 1. The van der Waals surface area contributed by atoms with Crippen LogP contribution in [0.25, 0.3) is 0 Å². The summed E-state index contributed by atoms with van der Waals surface area (Å²) in [5.74, 6) is -0.0763. The highest BCUT2D eigenvalue weighted by atomic mass is 79.9. The van der Waals surface area contributed by atoms with Gasteiger partial charge in [-0.25, -0.2) is 0 Å². The van der Waals surface area contributed by atoms with E-state index < -0.39 is 11.6 Å². The summed E-state index contributed by atoms with van der Waals surface area (Å²) >= 11 is 3.42. The predicted octanol–water partition coefficient (Wildman–Crippen LogP) is 3.24. The Bertz CT molecular complexity index is 511. The quantitative estimate of drug-likeness (QED) is 0.783. The van der Waals surface area contributed by atoms with Crippen LogP contribution in [0.15, 0.2) is 10.5 Å². The molecule has 1 aliphatic heterocycles. The number of aliphatic hydroxyl groups excluding tert-OH is 1. The fourth-order valence-corrected chi connectivity index (χ4v) is 3.40. The third-order valence-corrected chi connectivity index (χ3v) is 4.44. The highest BCUT2D eigenvalue weighted by molar-refractivity contribution is 9.10. The minimum atomic E-state index is -0.530. The van der Waals surface area contributed by atoms with Gasteiger partial charge in [-0.2, -0.15) is 0 Å². The first-order chi connectivity index (χ1) is 8.29. The van der Waals surface area contributed by atoms with E-state index in [0.717, 1.165) is 27.6 Å². The lowest BCUT2D eigenvalue weighted by Crippen LogP contribution is -2.50. The van der Waals surface area contributed by atoms with Gasteiger partial charge in [-0.15, -0.1) is 0 Å². The number of benzene rings is 1. The fraction of sp³-hybridized carbons (Fsp3) is 0.500. The molecule has 2 rings (SSSR count). The lowest BCUT2D eigenvalue weighted by Gasteiger charge is -2.43. The lowest BCUT2D eigenvalue weighted by atomic mass is 9.76. The average Bonchev–Trinajstić information content (AvgIpc) is 2.28. The van der Waals surface area contributed by atoms with E-state index in [1.165, 1.54) is 0 Å². The van der Waals surface area contributed by atoms with Gasteiger partial charge in [0.15, 0.2) is 6.29 Å². The van der Waals surface area contributed by atoms with Crippen LogP contribution in [0.2, 0.25) is 0 Å². The van der Waals surface area contributed by atoms with Gasteiger partial charge in [-0.1, -0.05) is 22.9 Å². The molecule has 1 heterocycles. The molecule has 0 aromatic heterocycles. The van der Waals surface area contributed by atoms with Gasteiger partial charge in [0.1, 0.15) is 0 Å². The van der Waals surface area contributed by atoms with Crippen molar-refractivity contribution in [2.45, 2.75) is 45.3 Å². The summed E-state index contributed by atoms with van der Waals surface area (Å²) in [6.45, 7) is 7.91. The van der Waals surface area contributed by atoms with Crippen LogP contribution in [-0.4, -0.2) is 23.0 Å². The van der Waals surface area contributed by atoms with Crippen LogP contribution >= 0.6 is 15.9 Å². The molecule has 0 aliphatic carbocycles. The number of carbonyl (C=O) groups excluding carboxylic acids is 1. The molecule has 0 amide bonds. The van der Waals surface area contributed by atoms with E-state index >= 15 is 0 Å². The van der Waals surface area contributed by atoms with Gasteiger partial charge < -0.3 is 10.4 Å². The van der Waals surface area contributed by atoms with Crippen molar-refractivity contribution in [3.63, 3.8) is 0 Å². The minimum absolute atomic E-state index is 0.0763. The van der Waals surface area contributed by atoms with Gasteiger partial charge in [-0.05, 0) is 38.0 Å². The van der Waals surface area contributed by atoms with Crippen molar-refractivity contribution in [1.29, 1.82) is 0 Å². The molecule has 4 heteroatoms. The van der Waals surface area contributed by atoms with Crippen LogP contribution in [0.4, 0.5) is 5.69 Å². The summed E-state index contributed by atoms with van der Waals surface area (Å²) in [4.78, 5) is 11.3. The van der Waals surface area contributed by atoms with E-state index in [4.69, 9.17) is 0 Å². The Kier molecular flexibility index (Phi) is 3.28. The Morgan fingerprint density at radius 2 is 2.11 bits per heavy atom. The molecule has 2 atom stereocenters. The maximum atomic E-state index is 11.3. The van der Waals surface area contributed by atoms with Crippen LogP contribution in [0.5, 0.6) is 0 Å². The smallest absolute Gasteiger partial charge is 0.151 e. The van der Waals surface area contributed by atoms with Crippen molar-refractivity contribution < 1.29 is 9.90 Å². The molecular formula is C14H18BrNO2. The minimum Gasteiger partial charge on any atom is -0.390 e. The molecule has 0 spiro atoms. The molecule has 1 aliphatic rings. The molecule has 0 fully saturated rings. The standard InChI is InChI=1S/C14H18BrNO2/c1-7-5-10(15)9(6-17)11-8(2)13(18)14(3,4)16-12(7)11/h5-6,8,13,16,18H,1-4H3/t8-,13+/m0/s1. The van der Waals surface area contributed by atoms with Gasteiger partial charge in [-0.3, -0.25) is 4.79 Å². The van der Waals surface area contributed by atoms with Crippen LogP contribution in [-0.2, 0) is 0 Å². The zero-order valence-electron chi connectivity index (χ0n) is 11.0. The summed E-state index contributed by atoms with van der Waals surface area (Å²) in [5.41, 5.74) is 3.19. The van der Waals surface area contributed by atoms with Gasteiger partial charge in [0, 0.05) is 21.6 Å². The first-order valence-electron chi connectivity index (χ1n) is 6.04. The third kappa shape index (κ3) is 1.88. The van der Waals surface area contributed by atoms with Gasteiger partial charge >= 0.3 is 0 Å². The molecule has 0 saturated heterocycles. The number of hydrogen-bond acceptors (Lipinski definition) is 3. The predicted molar refractivity (Wildman–Crippen MR) is 76.4 cm³/mol. The second kappa shape index (κ2) is 4.35. The Balaban J connectivity index is 2.74. The van der Waals surface area contributed by atoms with Crippen LogP contribution in [0.1, 0.15) is 48.2 Å². The van der Waals surface area contributed by atoms with Crippen molar-refractivity contribution in [1.82, 2.24) is 0 Å². The molecule has 0 unspecified atom stereocenters. The van der Waals surface area contributed by atoms with Crippen molar-refractivity contribution in [2.75, 3.05) is 5.32 Å². The first-order valence-corrected chi connectivity index (χ1v) is 6.83. The largest absolute Gasteiger partial charge is 0.390 e. The van der Waals surface area contributed by atoms with Crippen molar-refractivity contribution in [3.05, 3.63) is 27.2 Å². The molecule has 98 valence electrons. The maximum Gasteiger partial charge on any atom is 0.151 e. The topological polar surface area (TPSA) is 49.3 Å². The van der Waals surface area contributed by atoms with E-state index in [-0.39, 0.29) is 5.92 Å². The van der Waals surface area contributed by atoms with E-state index in [1.54, 1.807) is 0 Å². The summed E-state index contributed by atoms with van der Waals surface area (Å²) in [7, 11) is 0. The Labute approximate surface area is 116 Å². The van der Waals surface area contributed by atoms with Gasteiger partial charge in [0.2, 0.25) is 0 Å². The number of aliphatic hydroxyl groups is 1. The molecule has 3 nitrogen and oxygen atoms in total. The monoisotopic (exact) mass is 311 g/mol. The molecule has 18 heavy (non-hydrogen) atoms. The Morgan fingerprint density at radius 3 is 2.67 bits per heavy atom. The Morgan fingerprint density at radius 1 is 1.50 bits per heavy atom. The number of aldehydes is 1. The summed E-state index contributed by atoms with van der Waals surface area (Å²) < 4.78 is 0.786. The zero-order valence-corrected chi connectivity index (χ0v) is 12.6. The second-order valence-corrected chi connectivity index (χ2v) is 6.43. The van der Waals surface area contributed by atoms with E-state index in [0.29, 0.717) is 5.56 Å². The normalized spacial score (nSPS) is 25.2. The van der Waals surface area contributed by atoms with Crippen LogP contribution < -0.4 is 5.32 Å². The van der Waals surface area contributed by atoms with Gasteiger partial charge in [0.25, 0.3) is 0 Å². The SMILES string of the molecule is Cc1cc(Br)c(C=O)c2c1NC(C)(C)[C@H](O)[C@H]2C. The van der Waals surface area contributed by atoms with E-state index in [9.17, 15) is 9.90 Å². The summed E-state index contributed by atoms with van der Waals surface area (Å²) in [5, 5.41) is 13.7. The number of rotatable bonds is 1. The van der Waals surface area contributed by atoms with Crippen molar-refractivity contribution >= 4 is 27.9 Å². The zero-order chi connectivity index (χ0) is 13.7. The number of anilines is 1. The number of halogens is 1.